The molecule has 1 N–H and O–H groups in total. The normalized spacial score (nSPS) is 10.9. The third kappa shape index (κ3) is 2.05. The van der Waals surface area contributed by atoms with E-state index >= 15 is 0 Å². The van der Waals surface area contributed by atoms with Crippen LogP contribution < -0.4 is 0 Å². The Morgan fingerprint density at radius 1 is 1.06 bits per heavy atom. The maximum atomic E-state index is 6.10. The van der Waals surface area contributed by atoms with Gasteiger partial charge in [0.1, 0.15) is 11.3 Å². The molecule has 2 aromatic carbocycles. The number of nitrogens with one attached hydrogen (secondary N) is 1. The van der Waals surface area contributed by atoms with Crippen molar-refractivity contribution in [3.05, 3.63) is 51.1 Å². The van der Waals surface area contributed by atoms with Crippen molar-refractivity contribution in [3.63, 3.8) is 0 Å². The summed E-state index contributed by atoms with van der Waals surface area (Å²) in [6, 6.07) is 14.0. The van der Waals surface area contributed by atoms with Crippen LogP contribution in [0.4, 0.5) is 0 Å². The van der Waals surface area contributed by atoms with Crippen molar-refractivity contribution in [2.24, 2.45) is 0 Å². The van der Waals surface area contributed by atoms with Crippen molar-refractivity contribution in [2.45, 2.75) is 0 Å². The fourth-order valence-electron chi connectivity index (χ4n) is 1.74. The molecule has 3 rings (SSSR count). The molecule has 0 bridgehead atoms. The Morgan fingerprint density at radius 3 is 2.53 bits per heavy atom. The number of para-hydroxylation sites is 1. The fraction of sp³-hybridized carbons (Fsp3) is 0. The van der Waals surface area contributed by atoms with Crippen molar-refractivity contribution < 1.29 is 0 Å². The second-order valence-corrected chi connectivity index (χ2v) is 5.38. The van der Waals surface area contributed by atoms with Crippen molar-refractivity contribution in [2.75, 3.05) is 0 Å². The van der Waals surface area contributed by atoms with Gasteiger partial charge in [-0.2, -0.15) is 0 Å². The van der Waals surface area contributed by atoms with E-state index < -0.39 is 0 Å². The van der Waals surface area contributed by atoms with Crippen LogP contribution in [0.1, 0.15) is 0 Å². The Hall–Kier alpha value is -1.07. The van der Waals surface area contributed by atoms with Crippen molar-refractivity contribution in [3.8, 4) is 11.4 Å². The molecule has 17 heavy (non-hydrogen) atoms. The average Bonchev–Trinajstić information content (AvgIpc) is 2.75. The quantitative estimate of drug-likeness (QED) is 0.641. The molecule has 0 aliphatic carbocycles. The van der Waals surface area contributed by atoms with Gasteiger partial charge in [-0.25, -0.2) is 4.98 Å². The van der Waals surface area contributed by atoms with E-state index in [1.807, 2.05) is 30.3 Å². The van der Waals surface area contributed by atoms with E-state index in [-0.39, 0.29) is 0 Å². The largest absolute Gasteiger partial charge is 0.338 e. The molecular formula is C13H8ClIN2. The van der Waals surface area contributed by atoms with Crippen LogP contribution in [0.3, 0.4) is 0 Å². The minimum atomic E-state index is 0.676. The minimum Gasteiger partial charge on any atom is -0.338 e. The van der Waals surface area contributed by atoms with Crippen LogP contribution in [0.2, 0.25) is 5.02 Å². The highest BCUT2D eigenvalue weighted by atomic mass is 127. The van der Waals surface area contributed by atoms with Gasteiger partial charge in [-0.1, -0.05) is 29.8 Å². The van der Waals surface area contributed by atoms with E-state index in [0.717, 1.165) is 22.4 Å². The summed E-state index contributed by atoms with van der Waals surface area (Å²) in [5.74, 6) is 0.851. The number of aromatic nitrogens is 2. The van der Waals surface area contributed by atoms with Gasteiger partial charge in [-0.15, -0.1) is 0 Å². The molecule has 0 aliphatic rings. The predicted octanol–water partition coefficient (Wildman–Crippen LogP) is 4.49. The lowest BCUT2D eigenvalue weighted by Crippen LogP contribution is -1.80. The zero-order valence-corrected chi connectivity index (χ0v) is 11.7. The van der Waals surface area contributed by atoms with Gasteiger partial charge < -0.3 is 4.98 Å². The molecule has 0 aliphatic heterocycles. The molecular weight excluding hydrogens is 347 g/mol. The second kappa shape index (κ2) is 4.31. The number of rotatable bonds is 1. The highest BCUT2D eigenvalue weighted by Gasteiger charge is 2.07. The molecule has 0 saturated carbocycles. The van der Waals surface area contributed by atoms with Crippen molar-refractivity contribution in [1.82, 2.24) is 9.97 Å². The Morgan fingerprint density at radius 2 is 1.82 bits per heavy atom. The van der Waals surface area contributed by atoms with Gasteiger partial charge in [0, 0.05) is 9.13 Å². The van der Waals surface area contributed by atoms with Crippen molar-refractivity contribution >= 4 is 45.2 Å². The standard InChI is InChI=1S/C13H8ClIN2/c14-10-2-1-3-11-12(10)17-13(16-11)8-4-6-9(15)7-5-8/h1-7H,(H,16,17). The SMILES string of the molecule is Clc1cccc2[nH]c(-c3ccc(I)cc3)nc12. The lowest BCUT2D eigenvalue weighted by Gasteiger charge is -1.95. The van der Waals surface area contributed by atoms with Gasteiger partial charge in [0.05, 0.1) is 10.5 Å². The molecule has 2 nitrogen and oxygen atoms in total. The number of H-pyrrole nitrogens is 1. The summed E-state index contributed by atoms with van der Waals surface area (Å²) in [4.78, 5) is 7.80. The maximum absolute atomic E-state index is 6.10. The number of aromatic amines is 1. The first-order valence-electron chi connectivity index (χ1n) is 5.14. The van der Waals surface area contributed by atoms with Gasteiger partial charge >= 0.3 is 0 Å². The summed E-state index contributed by atoms with van der Waals surface area (Å²) in [7, 11) is 0. The lowest BCUT2D eigenvalue weighted by molar-refractivity contribution is 1.33. The topological polar surface area (TPSA) is 28.7 Å². The van der Waals surface area contributed by atoms with Crippen LogP contribution in [0.25, 0.3) is 22.4 Å². The Balaban J connectivity index is 2.18. The van der Waals surface area contributed by atoms with Crippen LogP contribution in [-0.2, 0) is 0 Å². The highest BCUT2D eigenvalue weighted by molar-refractivity contribution is 14.1. The Kier molecular flexibility index (Phi) is 2.80. The van der Waals surface area contributed by atoms with E-state index in [4.69, 9.17) is 11.6 Å². The van der Waals surface area contributed by atoms with Gasteiger partial charge in [0.25, 0.3) is 0 Å². The summed E-state index contributed by atoms with van der Waals surface area (Å²) in [6.07, 6.45) is 0. The molecule has 0 spiro atoms. The van der Waals surface area contributed by atoms with Crippen molar-refractivity contribution in [1.29, 1.82) is 0 Å². The molecule has 4 heteroatoms. The van der Waals surface area contributed by atoms with Gasteiger partial charge in [0.15, 0.2) is 0 Å². The Labute approximate surface area is 117 Å². The molecule has 0 fully saturated rings. The van der Waals surface area contributed by atoms with Gasteiger partial charge in [-0.3, -0.25) is 0 Å². The van der Waals surface area contributed by atoms with Crippen LogP contribution in [0.5, 0.6) is 0 Å². The van der Waals surface area contributed by atoms with E-state index in [9.17, 15) is 0 Å². The van der Waals surface area contributed by atoms with E-state index in [1.165, 1.54) is 3.57 Å². The maximum Gasteiger partial charge on any atom is 0.138 e. The molecule has 0 saturated heterocycles. The summed E-state index contributed by atoms with van der Waals surface area (Å²) in [5.41, 5.74) is 2.85. The van der Waals surface area contributed by atoms with E-state index in [2.05, 4.69) is 44.7 Å². The molecule has 0 radical (unpaired) electrons. The first-order valence-corrected chi connectivity index (χ1v) is 6.60. The van der Waals surface area contributed by atoms with Crippen LogP contribution in [0, 0.1) is 3.57 Å². The number of fused-ring (bicyclic) bond motifs is 1. The first kappa shape index (κ1) is 11.0. The molecule has 1 heterocycles. The van der Waals surface area contributed by atoms with E-state index in [0.29, 0.717) is 5.02 Å². The molecule has 84 valence electrons. The number of benzene rings is 2. The van der Waals surface area contributed by atoms with Gasteiger partial charge in [-0.05, 0) is 46.9 Å². The van der Waals surface area contributed by atoms with Crippen LogP contribution >= 0.6 is 34.2 Å². The average molecular weight is 355 g/mol. The Bertz CT molecular complexity index is 673. The monoisotopic (exact) mass is 354 g/mol. The molecule has 0 unspecified atom stereocenters. The summed E-state index contributed by atoms with van der Waals surface area (Å²) < 4.78 is 1.21. The lowest BCUT2D eigenvalue weighted by atomic mass is 10.2. The van der Waals surface area contributed by atoms with Crippen LogP contribution in [0.15, 0.2) is 42.5 Å². The summed E-state index contributed by atoms with van der Waals surface area (Å²) >= 11 is 8.38. The fourth-order valence-corrected chi connectivity index (χ4v) is 2.32. The molecule has 0 amide bonds. The number of imidazole rings is 1. The van der Waals surface area contributed by atoms with Gasteiger partial charge in [0.2, 0.25) is 0 Å². The third-order valence-electron chi connectivity index (χ3n) is 2.58. The summed E-state index contributed by atoms with van der Waals surface area (Å²) in [5, 5.41) is 0.676. The highest BCUT2D eigenvalue weighted by Crippen LogP contribution is 2.25. The number of nitrogens with zero attached hydrogens (tertiary/aromatic N) is 1. The number of hydrogen-bond acceptors (Lipinski definition) is 1. The molecule has 1 aromatic heterocycles. The zero-order chi connectivity index (χ0) is 11.8. The number of hydrogen-bond donors (Lipinski definition) is 1. The zero-order valence-electron chi connectivity index (χ0n) is 8.74. The number of halogens is 2. The summed E-state index contributed by atoms with van der Waals surface area (Å²) in [6.45, 7) is 0. The first-order chi connectivity index (χ1) is 8.24. The third-order valence-corrected chi connectivity index (χ3v) is 3.61. The second-order valence-electron chi connectivity index (χ2n) is 3.73. The van der Waals surface area contributed by atoms with E-state index in [1.54, 1.807) is 0 Å². The molecule has 0 atom stereocenters. The van der Waals surface area contributed by atoms with Crippen LogP contribution in [-0.4, -0.2) is 9.97 Å². The smallest absolute Gasteiger partial charge is 0.138 e. The molecule has 3 aromatic rings. The minimum absolute atomic E-state index is 0.676. The predicted molar refractivity (Wildman–Crippen MR) is 79.3 cm³/mol.